The Morgan fingerprint density at radius 1 is 1.00 bits per heavy atom. The van der Waals surface area contributed by atoms with Crippen LogP contribution in [0.3, 0.4) is 0 Å². The molecule has 1 aromatic carbocycles. The number of rotatable bonds is 4. The fraction of sp³-hybridized carbons (Fsp3) is 0.353. The molecule has 1 saturated carbocycles. The van der Waals surface area contributed by atoms with E-state index in [-0.39, 0.29) is 17.9 Å². The normalized spacial score (nSPS) is 20.0. The van der Waals surface area contributed by atoms with Crippen LogP contribution in [0, 0.1) is 0 Å². The van der Waals surface area contributed by atoms with Gasteiger partial charge >= 0.3 is 11.9 Å². The van der Waals surface area contributed by atoms with Crippen molar-refractivity contribution in [1.82, 2.24) is 0 Å². The smallest absolute Gasteiger partial charge is 0.328 e. The maximum atomic E-state index is 11.4. The van der Waals surface area contributed by atoms with Crippen molar-refractivity contribution < 1.29 is 24.6 Å². The van der Waals surface area contributed by atoms with E-state index in [1.807, 2.05) is 18.2 Å². The maximum absolute atomic E-state index is 11.4. The maximum Gasteiger partial charge on any atom is 0.328 e. The van der Waals surface area contributed by atoms with Crippen LogP contribution >= 0.6 is 0 Å². The van der Waals surface area contributed by atoms with Crippen LogP contribution in [0.15, 0.2) is 36.4 Å². The highest BCUT2D eigenvalue weighted by atomic mass is 16.4. The molecular formula is C17H22N2O5. The van der Waals surface area contributed by atoms with E-state index in [4.69, 9.17) is 21.7 Å². The summed E-state index contributed by atoms with van der Waals surface area (Å²) in [6.07, 6.45) is 5.59. The third-order valence-corrected chi connectivity index (χ3v) is 3.81. The van der Waals surface area contributed by atoms with Gasteiger partial charge in [-0.3, -0.25) is 4.79 Å². The average Bonchev–Trinajstić information content (AvgIpc) is 2.54. The molecule has 7 heteroatoms. The lowest BCUT2D eigenvalue weighted by Gasteiger charge is -2.29. The largest absolute Gasteiger partial charge is 0.478 e. The summed E-state index contributed by atoms with van der Waals surface area (Å²) in [6, 6.07) is 7.73. The zero-order chi connectivity index (χ0) is 18.1. The van der Waals surface area contributed by atoms with Gasteiger partial charge < -0.3 is 21.7 Å². The molecule has 2 unspecified atom stereocenters. The van der Waals surface area contributed by atoms with Gasteiger partial charge in [0, 0.05) is 23.8 Å². The molecule has 0 heterocycles. The van der Waals surface area contributed by atoms with E-state index in [1.54, 1.807) is 6.07 Å². The number of hydrogen-bond donors (Lipinski definition) is 4. The molecule has 0 aromatic heterocycles. The summed E-state index contributed by atoms with van der Waals surface area (Å²) in [7, 11) is 0. The van der Waals surface area contributed by atoms with Gasteiger partial charge in [-0.25, -0.2) is 9.59 Å². The molecule has 24 heavy (non-hydrogen) atoms. The quantitative estimate of drug-likeness (QED) is 0.614. The number of primary amides is 1. The average molecular weight is 334 g/mol. The second-order valence-corrected chi connectivity index (χ2v) is 5.52. The first-order valence-electron chi connectivity index (χ1n) is 7.61. The van der Waals surface area contributed by atoms with Gasteiger partial charge in [0.1, 0.15) is 0 Å². The molecule has 6 N–H and O–H groups in total. The predicted molar refractivity (Wildman–Crippen MR) is 88.6 cm³/mol. The standard InChI is InChI=1S/C13H18N2O.C4H4O4/c14-12-8-4-3-6-10(12)9-5-1-2-7-11(9)13(15)16;5-3(6)1-2-4(7)8/h1-2,5,7,10,12H,3-4,6,8,14H2,(H2,15,16);1-2H,(H,5,6)(H,7,8)/b;2-1-. The minimum Gasteiger partial charge on any atom is -0.478 e. The second-order valence-electron chi connectivity index (χ2n) is 5.52. The monoisotopic (exact) mass is 334 g/mol. The molecule has 1 fully saturated rings. The van der Waals surface area contributed by atoms with E-state index < -0.39 is 11.9 Å². The molecule has 130 valence electrons. The molecular weight excluding hydrogens is 312 g/mol. The van der Waals surface area contributed by atoms with Crippen molar-refractivity contribution in [2.24, 2.45) is 11.5 Å². The Hall–Kier alpha value is -2.67. The van der Waals surface area contributed by atoms with Crippen molar-refractivity contribution >= 4 is 17.8 Å². The molecule has 7 nitrogen and oxygen atoms in total. The van der Waals surface area contributed by atoms with E-state index in [9.17, 15) is 14.4 Å². The van der Waals surface area contributed by atoms with Crippen LogP contribution in [0.1, 0.15) is 47.5 Å². The van der Waals surface area contributed by atoms with Gasteiger partial charge in [-0.1, -0.05) is 31.0 Å². The topological polar surface area (TPSA) is 144 Å². The van der Waals surface area contributed by atoms with E-state index >= 15 is 0 Å². The predicted octanol–water partition coefficient (Wildman–Crippen LogP) is 1.48. The van der Waals surface area contributed by atoms with Gasteiger partial charge in [0.25, 0.3) is 0 Å². The SMILES string of the molecule is NC(=O)c1ccccc1C1CCCCC1N.O=C(O)/C=C\C(=O)O. The lowest BCUT2D eigenvalue weighted by molar-refractivity contribution is -0.134. The van der Waals surface area contributed by atoms with Crippen LogP contribution in [-0.4, -0.2) is 34.1 Å². The Kier molecular flexibility index (Phi) is 7.64. The second kappa shape index (κ2) is 9.46. The summed E-state index contributed by atoms with van der Waals surface area (Å²) in [5, 5.41) is 15.6. The number of benzene rings is 1. The van der Waals surface area contributed by atoms with Gasteiger partial charge in [-0.05, 0) is 30.4 Å². The lowest BCUT2D eigenvalue weighted by Crippen LogP contribution is -2.32. The summed E-state index contributed by atoms with van der Waals surface area (Å²) in [5.41, 5.74) is 13.2. The number of carboxylic acid groups (broad SMARTS) is 2. The Morgan fingerprint density at radius 3 is 2.04 bits per heavy atom. The minimum absolute atomic E-state index is 0.161. The molecule has 1 amide bonds. The summed E-state index contributed by atoms with van der Waals surface area (Å²) in [6.45, 7) is 0. The third kappa shape index (κ3) is 6.21. The van der Waals surface area contributed by atoms with Crippen molar-refractivity contribution in [1.29, 1.82) is 0 Å². The molecule has 1 aliphatic carbocycles. The van der Waals surface area contributed by atoms with E-state index in [0.717, 1.165) is 18.4 Å². The fourth-order valence-corrected chi connectivity index (χ4v) is 2.73. The van der Waals surface area contributed by atoms with Crippen molar-refractivity contribution in [2.45, 2.75) is 37.6 Å². The first-order valence-corrected chi connectivity index (χ1v) is 7.61. The number of carbonyl (C=O) groups excluding carboxylic acids is 1. The molecule has 0 radical (unpaired) electrons. The molecule has 1 aliphatic rings. The highest BCUT2D eigenvalue weighted by molar-refractivity contribution is 5.94. The zero-order valence-corrected chi connectivity index (χ0v) is 13.2. The molecule has 2 atom stereocenters. The number of aliphatic carboxylic acids is 2. The van der Waals surface area contributed by atoms with E-state index in [0.29, 0.717) is 17.7 Å². The number of carboxylic acids is 2. The first-order chi connectivity index (χ1) is 11.3. The van der Waals surface area contributed by atoms with E-state index in [1.165, 1.54) is 12.8 Å². The molecule has 2 rings (SSSR count). The van der Waals surface area contributed by atoms with Crippen LogP contribution in [-0.2, 0) is 9.59 Å². The van der Waals surface area contributed by atoms with Gasteiger partial charge in [0.05, 0.1) is 0 Å². The molecule has 0 aliphatic heterocycles. The zero-order valence-electron chi connectivity index (χ0n) is 13.2. The van der Waals surface area contributed by atoms with Crippen molar-refractivity contribution in [3.63, 3.8) is 0 Å². The van der Waals surface area contributed by atoms with Crippen LogP contribution in [0.2, 0.25) is 0 Å². The Bertz CT molecular complexity index is 611. The Balaban J connectivity index is 0.000000307. The highest BCUT2D eigenvalue weighted by Crippen LogP contribution is 2.33. The summed E-state index contributed by atoms with van der Waals surface area (Å²) in [4.78, 5) is 30.5. The van der Waals surface area contributed by atoms with Gasteiger partial charge in [0.2, 0.25) is 5.91 Å². The van der Waals surface area contributed by atoms with Crippen LogP contribution in [0.4, 0.5) is 0 Å². The molecule has 0 spiro atoms. The van der Waals surface area contributed by atoms with Crippen molar-refractivity contribution in [2.75, 3.05) is 0 Å². The number of amides is 1. The summed E-state index contributed by atoms with van der Waals surface area (Å²) >= 11 is 0. The van der Waals surface area contributed by atoms with Crippen LogP contribution < -0.4 is 11.5 Å². The number of nitrogens with two attached hydrogens (primary N) is 2. The summed E-state index contributed by atoms with van der Waals surface area (Å²) in [5.74, 6) is -2.58. The number of hydrogen-bond acceptors (Lipinski definition) is 4. The van der Waals surface area contributed by atoms with Crippen molar-refractivity contribution in [3.8, 4) is 0 Å². The van der Waals surface area contributed by atoms with E-state index in [2.05, 4.69) is 0 Å². The first kappa shape index (κ1) is 19.4. The molecule has 0 bridgehead atoms. The highest BCUT2D eigenvalue weighted by Gasteiger charge is 2.26. The van der Waals surface area contributed by atoms with Gasteiger partial charge in [-0.15, -0.1) is 0 Å². The fourth-order valence-electron chi connectivity index (χ4n) is 2.73. The molecule has 1 aromatic rings. The van der Waals surface area contributed by atoms with Crippen LogP contribution in [0.25, 0.3) is 0 Å². The summed E-state index contributed by atoms with van der Waals surface area (Å²) < 4.78 is 0. The third-order valence-electron chi connectivity index (χ3n) is 3.81. The minimum atomic E-state index is -1.26. The van der Waals surface area contributed by atoms with Gasteiger partial charge in [0.15, 0.2) is 0 Å². The Morgan fingerprint density at radius 2 is 1.54 bits per heavy atom. The molecule has 0 saturated heterocycles. The Labute approximate surface area is 140 Å². The van der Waals surface area contributed by atoms with Crippen LogP contribution in [0.5, 0.6) is 0 Å². The number of carbonyl (C=O) groups is 3. The van der Waals surface area contributed by atoms with Gasteiger partial charge in [-0.2, -0.15) is 0 Å². The lowest BCUT2D eigenvalue weighted by atomic mass is 9.79. The van der Waals surface area contributed by atoms with Crippen molar-refractivity contribution in [3.05, 3.63) is 47.5 Å².